The van der Waals surface area contributed by atoms with Crippen molar-refractivity contribution in [2.75, 3.05) is 13.1 Å². The van der Waals surface area contributed by atoms with Crippen LogP contribution in [0.4, 0.5) is 4.79 Å². The number of amides is 2. The van der Waals surface area contributed by atoms with Gasteiger partial charge in [0.2, 0.25) is 5.91 Å². The minimum absolute atomic E-state index is 0.212. The van der Waals surface area contributed by atoms with Crippen LogP contribution in [-0.4, -0.2) is 63.7 Å². The van der Waals surface area contributed by atoms with Crippen LogP contribution in [0.25, 0.3) is 0 Å². The maximum Gasteiger partial charge on any atom is 0.411 e. The summed E-state index contributed by atoms with van der Waals surface area (Å²) in [5, 5.41) is 9.32. The third-order valence-corrected chi connectivity index (χ3v) is 4.81. The van der Waals surface area contributed by atoms with Gasteiger partial charge in [-0.1, -0.05) is 0 Å². The first-order valence-corrected chi connectivity index (χ1v) is 9.55. The summed E-state index contributed by atoms with van der Waals surface area (Å²) >= 11 is 0. The molecule has 2 saturated heterocycles. The fourth-order valence-corrected chi connectivity index (χ4v) is 3.60. The van der Waals surface area contributed by atoms with Crippen LogP contribution in [0, 0.1) is 11.3 Å². The molecule has 2 aliphatic rings. The van der Waals surface area contributed by atoms with Gasteiger partial charge in [-0.3, -0.25) is 14.7 Å². The van der Waals surface area contributed by atoms with Crippen molar-refractivity contribution >= 4 is 12.0 Å². The summed E-state index contributed by atoms with van der Waals surface area (Å²) in [7, 11) is 0. The quantitative estimate of drug-likeness (QED) is 0.791. The van der Waals surface area contributed by atoms with Crippen LogP contribution in [0.1, 0.15) is 40.0 Å². The molecular formula is C20H26N4O4. The van der Waals surface area contributed by atoms with Gasteiger partial charge in [0.15, 0.2) is 0 Å². The Kier molecular flexibility index (Phi) is 5.73. The summed E-state index contributed by atoms with van der Waals surface area (Å²) in [5.41, 5.74) is -0.669. The van der Waals surface area contributed by atoms with Crippen LogP contribution in [0.15, 0.2) is 24.5 Å². The molecule has 8 heteroatoms. The summed E-state index contributed by atoms with van der Waals surface area (Å²) in [6, 6.07) is 4.52. The van der Waals surface area contributed by atoms with Gasteiger partial charge in [-0.15, -0.1) is 0 Å². The lowest BCUT2D eigenvalue weighted by atomic mass is 10.1. The van der Waals surface area contributed by atoms with Crippen molar-refractivity contribution < 1.29 is 19.1 Å². The van der Waals surface area contributed by atoms with Crippen LogP contribution in [-0.2, 0) is 9.53 Å². The first kappa shape index (κ1) is 19.9. The Morgan fingerprint density at radius 2 is 1.96 bits per heavy atom. The first-order valence-electron chi connectivity index (χ1n) is 9.55. The number of nitriles is 1. The second kappa shape index (κ2) is 8.05. The average Bonchev–Trinajstić information content (AvgIpc) is 3.27. The average molecular weight is 386 g/mol. The van der Waals surface area contributed by atoms with E-state index in [0.29, 0.717) is 25.1 Å². The van der Waals surface area contributed by atoms with Gasteiger partial charge in [0, 0.05) is 25.4 Å². The Morgan fingerprint density at radius 1 is 1.25 bits per heavy atom. The molecule has 1 aromatic heterocycles. The van der Waals surface area contributed by atoms with Crippen molar-refractivity contribution in [1.29, 1.82) is 5.26 Å². The molecular weight excluding hydrogens is 360 g/mol. The second-order valence-corrected chi connectivity index (χ2v) is 8.13. The molecule has 0 radical (unpaired) electrons. The van der Waals surface area contributed by atoms with Crippen LogP contribution in [0.3, 0.4) is 0 Å². The molecule has 2 aliphatic heterocycles. The van der Waals surface area contributed by atoms with Crippen molar-refractivity contribution in [3.8, 4) is 11.8 Å². The molecule has 0 aromatic carbocycles. The predicted octanol–water partition coefficient (Wildman–Crippen LogP) is 2.35. The van der Waals surface area contributed by atoms with E-state index in [-0.39, 0.29) is 18.6 Å². The van der Waals surface area contributed by atoms with Crippen LogP contribution in [0.2, 0.25) is 0 Å². The van der Waals surface area contributed by atoms with E-state index in [4.69, 9.17) is 9.47 Å². The summed E-state index contributed by atoms with van der Waals surface area (Å²) in [6.45, 7) is 6.14. The monoisotopic (exact) mass is 386 g/mol. The van der Waals surface area contributed by atoms with E-state index in [1.807, 2.05) is 0 Å². The van der Waals surface area contributed by atoms with E-state index < -0.39 is 23.8 Å². The third-order valence-electron chi connectivity index (χ3n) is 4.81. The molecule has 2 fully saturated rings. The second-order valence-electron chi connectivity index (χ2n) is 8.13. The third kappa shape index (κ3) is 4.53. The molecule has 0 aliphatic carbocycles. The molecule has 8 nitrogen and oxygen atoms in total. The lowest BCUT2D eigenvalue weighted by Crippen LogP contribution is -2.50. The zero-order chi connectivity index (χ0) is 20.3. The normalized spacial score (nSPS) is 24.7. The standard InChI is InChI=1S/C20H26N4O4/c1-20(2,3)28-19(26)24-13-16(27-15-6-8-22-9-7-15)11-17(24)18(25)23-10-4-5-14(23)12-21/h6-9,14,16-17H,4-5,10-11,13H2,1-3H3/t14?,16-,17-/m0/s1. The molecule has 2 amide bonds. The van der Waals surface area contributed by atoms with Crippen LogP contribution in [0.5, 0.6) is 5.75 Å². The molecule has 3 rings (SSSR count). The van der Waals surface area contributed by atoms with Crippen molar-refractivity contribution in [3.63, 3.8) is 0 Å². The van der Waals surface area contributed by atoms with Gasteiger partial charge in [0.05, 0.1) is 12.6 Å². The first-order chi connectivity index (χ1) is 13.3. The number of pyridine rings is 1. The SMILES string of the molecule is CC(C)(C)OC(=O)N1C[C@@H](Oc2ccncc2)C[C@H]1C(=O)N1CCCC1C#N. The molecule has 0 N–H and O–H groups in total. The smallest absolute Gasteiger partial charge is 0.411 e. The highest BCUT2D eigenvalue weighted by atomic mass is 16.6. The van der Waals surface area contributed by atoms with E-state index in [0.717, 1.165) is 6.42 Å². The Morgan fingerprint density at radius 3 is 2.61 bits per heavy atom. The molecule has 0 bridgehead atoms. The van der Waals surface area contributed by atoms with Crippen molar-refractivity contribution in [1.82, 2.24) is 14.8 Å². The number of nitrogens with zero attached hydrogens (tertiary/aromatic N) is 4. The van der Waals surface area contributed by atoms with Crippen LogP contribution >= 0.6 is 0 Å². The Hall–Kier alpha value is -2.82. The number of carbonyl (C=O) groups is 2. The summed E-state index contributed by atoms with van der Waals surface area (Å²) in [4.78, 5) is 32.9. The zero-order valence-electron chi connectivity index (χ0n) is 16.5. The largest absolute Gasteiger partial charge is 0.488 e. The number of aromatic nitrogens is 1. The van der Waals surface area contributed by atoms with Gasteiger partial charge in [-0.05, 0) is 45.7 Å². The lowest BCUT2D eigenvalue weighted by molar-refractivity contribution is -0.135. The van der Waals surface area contributed by atoms with E-state index >= 15 is 0 Å². The van der Waals surface area contributed by atoms with Crippen molar-refractivity contribution in [3.05, 3.63) is 24.5 Å². The van der Waals surface area contributed by atoms with Gasteiger partial charge in [0.1, 0.15) is 29.5 Å². The van der Waals surface area contributed by atoms with E-state index in [1.165, 1.54) is 4.90 Å². The molecule has 0 spiro atoms. The van der Waals surface area contributed by atoms with Crippen LogP contribution < -0.4 is 4.74 Å². The van der Waals surface area contributed by atoms with Gasteiger partial charge in [-0.2, -0.15) is 5.26 Å². The van der Waals surface area contributed by atoms with Gasteiger partial charge >= 0.3 is 6.09 Å². The Labute approximate surface area is 165 Å². The summed E-state index contributed by atoms with van der Waals surface area (Å²) < 4.78 is 11.5. The molecule has 0 saturated carbocycles. The fraction of sp³-hybridized carbons (Fsp3) is 0.600. The van der Waals surface area contributed by atoms with E-state index in [1.54, 1.807) is 50.2 Å². The highest BCUT2D eigenvalue weighted by Gasteiger charge is 2.45. The predicted molar refractivity (Wildman–Crippen MR) is 100 cm³/mol. The Balaban J connectivity index is 1.78. The van der Waals surface area contributed by atoms with Crippen molar-refractivity contribution in [2.24, 2.45) is 0 Å². The highest BCUT2D eigenvalue weighted by molar-refractivity contribution is 5.87. The highest BCUT2D eigenvalue weighted by Crippen LogP contribution is 2.28. The minimum Gasteiger partial charge on any atom is -0.488 e. The number of hydrogen-bond donors (Lipinski definition) is 0. The zero-order valence-corrected chi connectivity index (χ0v) is 16.5. The number of hydrogen-bond acceptors (Lipinski definition) is 6. The fourth-order valence-electron chi connectivity index (χ4n) is 3.60. The summed E-state index contributed by atoms with van der Waals surface area (Å²) in [6.07, 6.45) is 4.18. The molecule has 1 unspecified atom stereocenters. The minimum atomic E-state index is -0.698. The molecule has 1 aromatic rings. The lowest BCUT2D eigenvalue weighted by Gasteiger charge is -2.30. The molecule has 150 valence electrons. The van der Waals surface area contributed by atoms with Crippen molar-refractivity contribution in [2.45, 2.75) is 63.8 Å². The maximum absolute atomic E-state index is 13.2. The molecule has 3 heterocycles. The van der Waals surface area contributed by atoms with Gasteiger partial charge < -0.3 is 14.4 Å². The number of carbonyl (C=O) groups excluding carboxylic acids is 2. The van der Waals surface area contributed by atoms with E-state index in [9.17, 15) is 14.9 Å². The van der Waals surface area contributed by atoms with E-state index in [2.05, 4.69) is 11.1 Å². The Bertz CT molecular complexity index is 756. The van der Waals surface area contributed by atoms with Gasteiger partial charge in [0.25, 0.3) is 0 Å². The summed E-state index contributed by atoms with van der Waals surface area (Å²) in [5.74, 6) is 0.420. The molecule has 3 atom stereocenters. The maximum atomic E-state index is 13.2. The molecule has 28 heavy (non-hydrogen) atoms. The number of rotatable bonds is 3. The number of likely N-dealkylation sites (tertiary alicyclic amines) is 2. The number of ether oxygens (including phenoxy) is 2. The topological polar surface area (TPSA) is 95.8 Å². The van der Waals surface area contributed by atoms with Gasteiger partial charge in [-0.25, -0.2) is 4.79 Å².